The molecule has 0 aliphatic carbocycles. The highest BCUT2D eigenvalue weighted by Gasteiger charge is 2.54. The van der Waals surface area contributed by atoms with Gasteiger partial charge in [0.05, 0.1) is 11.2 Å². The highest BCUT2D eigenvalue weighted by atomic mass is 16.5. The summed E-state index contributed by atoms with van der Waals surface area (Å²) in [5.74, 6) is 0. The normalized spacial score (nSPS) is 50.1. The van der Waals surface area contributed by atoms with Gasteiger partial charge in [0.1, 0.15) is 0 Å². The third-order valence-corrected chi connectivity index (χ3v) is 4.52. The predicted molar refractivity (Wildman–Crippen MR) is 64.6 cm³/mol. The van der Waals surface area contributed by atoms with Gasteiger partial charge in [-0.1, -0.05) is 6.42 Å². The summed E-state index contributed by atoms with van der Waals surface area (Å²) >= 11 is 0. The monoisotopic (exact) mass is 224 g/mol. The quantitative estimate of drug-likeness (QED) is 0.617. The highest BCUT2D eigenvalue weighted by Crippen LogP contribution is 2.41. The molecule has 3 saturated heterocycles. The molecule has 3 rings (SSSR count). The van der Waals surface area contributed by atoms with E-state index in [1.54, 1.807) is 0 Å². The van der Waals surface area contributed by atoms with Gasteiger partial charge < -0.3 is 9.64 Å². The summed E-state index contributed by atoms with van der Waals surface area (Å²) < 4.78 is 6.45. The van der Waals surface area contributed by atoms with Crippen molar-refractivity contribution in [3.8, 4) is 0 Å². The molecule has 16 heavy (non-hydrogen) atoms. The van der Waals surface area contributed by atoms with Crippen LogP contribution in [0.4, 0.5) is 0 Å². The van der Waals surface area contributed by atoms with Crippen LogP contribution in [0, 0.1) is 0 Å². The van der Waals surface area contributed by atoms with Crippen LogP contribution in [-0.2, 0) is 4.74 Å². The second kappa shape index (κ2) is 3.44. The Kier molecular flexibility index (Phi) is 2.36. The van der Waals surface area contributed by atoms with E-state index < -0.39 is 0 Å². The first kappa shape index (κ1) is 11.0. The van der Waals surface area contributed by atoms with Crippen LogP contribution in [0.1, 0.15) is 33.1 Å². The molecule has 1 unspecified atom stereocenters. The molecule has 0 radical (unpaired) electrons. The minimum Gasteiger partial charge on any atom is -0.363 e. The first-order valence-corrected chi connectivity index (χ1v) is 6.64. The van der Waals surface area contributed by atoms with Crippen LogP contribution in [0.2, 0.25) is 0 Å². The Morgan fingerprint density at radius 2 is 1.94 bits per heavy atom. The van der Waals surface area contributed by atoms with E-state index in [1.165, 1.54) is 25.8 Å². The molecule has 0 aromatic carbocycles. The Morgan fingerprint density at radius 3 is 2.75 bits per heavy atom. The zero-order valence-electron chi connectivity index (χ0n) is 10.8. The molecule has 0 N–H and O–H groups in total. The molecule has 3 aliphatic rings. The largest absolute Gasteiger partial charge is 0.363 e. The third-order valence-electron chi connectivity index (χ3n) is 4.52. The molecule has 0 amide bonds. The molecule has 3 heteroatoms. The Hall–Kier alpha value is -0.120. The van der Waals surface area contributed by atoms with Gasteiger partial charge >= 0.3 is 0 Å². The van der Waals surface area contributed by atoms with Crippen LogP contribution in [0.25, 0.3) is 0 Å². The van der Waals surface area contributed by atoms with Gasteiger partial charge in [0.15, 0.2) is 0 Å². The third kappa shape index (κ3) is 1.60. The number of likely N-dealkylation sites (N-methyl/N-ethyl adjacent to an activating group) is 1. The Morgan fingerprint density at radius 1 is 1.12 bits per heavy atom. The van der Waals surface area contributed by atoms with Gasteiger partial charge in [-0.05, 0) is 40.3 Å². The number of hydrogen-bond acceptors (Lipinski definition) is 3. The second-order valence-corrected chi connectivity index (χ2v) is 6.52. The maximum Gasteiger partial charge on any atom is 0.0943 e. The first-order valence-electron chi connectivity index (χ1n) is 6.64. The van der Waals surface area contributed by atoms with E-state index in [0.29, 0.717) is 6.04 Å². The molecule has 0 spiro atoms. The number of rotatable bonds is 0. The van der Waals surface area contributed by atoms with E-state index in [0.717, 1.165) is 19.6 Å². The lowest BCUT2D eigenvalue weighted by atomic mass is 9.80. The van der Waals surface area contributed by atoms with Crippen molar-refractivity contribution < 1.29 is 4.74 Å². The van der Waals surface area contributed by atoms with Crippen molar-refractivity contribution in [3.05, 3.63) is 0 Å². The fourth-order valence-corrected chi connectivity index (χ4v) is 4.35. The van der Waals surface area contributed by atoms with Crippen molar-refractivity contribution in [2.45, 2.75) is 50.4 Å². The van der Waals surface area contributed by atoms with Crippen molar-refractivity contribution in [1.29, 1.82) is 0 Å². The lowest BCUT2D eigenvalue weighted by molar-refractivity contribution is -0.266. The van der Waals surface area contributed by atoms with E-state index in [9.17, 15) is 0 Å². The van der Waals surface area contributed by atoms with Gasteiger partial charge in [-0.25, -0.2) is 0 Å². The molecule has 0 aromatic rings. The van der Waals surface area contributed by atoms with E-state index in [2.05, 4.69) is 30.7 Å². The lowest BCUT2D eigenvalue weighted by Crippen LogP contribution is -2.74. The summed E-state index contributed by atoms with van der Waals surface area (Å²) in [6.45, 7) is 9.17. The van der Waals surface area contributed by atoms with Crippen molar-refractivity contribution in [2.75, 3.05) is 33.2 Å². The molecule has 3 nitrogen and oxygen atoms in total. The molecule has 0 saturated carbocycles. The maximum atomic E-state index is 6.45. The standard InChI is InChI=1S/C13H24N2O/c1-12-8-14(3)10-13(2,16-12)11-6-4-5-7-15(11)9-12/h11H,4-10H2,1-3H3/t11-,12?,13+/m0/s1. The summed E-state index contributed by atoms with van der Waals surface area (Å²) in [6, 6.07) is 0.650. The predicted octanol–water partition coefficient (Wildman–Crippen LogP) is 1.33. The lowest BCUT2D eigenvalue weighted by Gasteiger charge is -2.61. The minimum atomic E-state index is 0.0512. The molecular weight excluding hydrogens is 200 g/mol. The molecular formula is C13H24N2O. The number of ether oxygens (including phenoxy) is 1. The second-order valence-electron chi connectivity index (χ2n) is 6.52. The number of piperidine rings is 1. The summed E-state index contributed by atoms with van der Waals surface area (Å²) in [5.41, 5.74) is 0.107. The van der Waals surface area contributed by atoms with Gasteiger partial charge in [0.25, 0.3) is 0 Å². The van der Waals surface area contributed by atoms with Crippen LogP contribution in [0.3, 0.4) is 0 Å². The van der Waals surface area contributed by atoms with Gasteiger partial charge in [-0.2, -0.15) is 0 Å². The summed E-state index contributed by atoms with van der Waals surface area (Å²) in [6.07, 6.45) is 4.07. The van der Waals surface area contributed by atoms with E-state index in [1.807, 2.05) is 0 Å². The van der Waals surface area contributed by atoms with Gasteiger partial charge in [0, 0.05) is 25.7 Å². The fraction of sp³-hybridized carbons (Fsp3) is 1.00. The number of hydrogen-bond donors (Lipinski definition) is 0. The van der Waals surface area contributed by atoms with Crippen LogP contribution < -0.4 is 0 Å². The SMILES string of the molecule is CN1CC2(C)CN3CCCC[C@H]3[C@@](C)(C1)O2. The van der Waals surface area contributed by atoms with Gasteiger partial charge in [0.2, 0.25) is 0 Å². The van der Waals surface area contributed by atoms with Gasteiger partial charge in [-0.3, -0.25) is 4.90 Å². The average molecular weight is 224 g/mol. The minimum absolute atomic E-state index is 0.0512. The van der Waals surface area contributed by atoms with Crippen molar-refractivity contribution in [3.63, 3.8) is 0 Å². The van der Waals surface area contributed by atoms with Crippen LogP contribution in [0.5, 0.6) is 0 Å². The number of nitrogens with zero attached hydrogens (tertiary/aromatic N) is 2. The molecule has 2 bridgehead atoms. The molecule has 3 aliphatic heterocycles. The fourth-order valence-electron chi connectivity index (χ4n) is 4.35. The number of fused-ring (bicyclic) bond motifs is 4. The Bertz CT molecular complexity index is 296. The van der Waals surface area contributed by atoms with E-state index >= 15 is 0 Å². The van der Waals surface area contributed by atoms with Crippen molar-refractivity contribution in [2.24, 2.45) is 0 Å². The van der Waals surface area contributed by atoms with Crippen molar-refractivity contribution >= 4 is 0 Å². The number of morpholine rings is 2. The van der Waals surface area contributed by atoms with Crippen molar-refractivity contribution in [1.82, 2.24) is 9.80 Å². The summed E-state index contributed by atoms with van der Waals surface area (Å²) in [5, 5.41) is 0. The molecule has 3 heterocycles. The first-order chi connectivity index (χ1) is 7.51. The van der Waals surface area contributed by atoms with E-state index in [-0.39, 0.29) is 11.2 Å². The zero-order valence-corrected chi connectivity index (χ0v) is 10.8. The summed E-state index contributed by atoms with van der Waals surface area (Å²) in [4.78, 5) is 5.15. The molecule has 0 aromatic heterocycles. The highest BCUT2D eigenvalue weighted by molar-refractivity contribution is 5.07. The molecule has 92 valence electrons. The smallest absolute Gasteiger partial charge is 0.0943 e. The maximum absolute atomic E-state index is 6.45. The summed E-state index contributed by atoms with van der Waals surface area (Å²) in [7, 11) is 2.23. The molecule has 3 fully saturated rings. The topological polar surface area (TPSA) is 15.7 Å². The molecule has 3 atom stereocenters. The van der Waals surface area contributed by atoms with Crippen LogP contribution in [0.15, 0.2) is 0 Å². The Balaban J connectivity index is 1.91. The Labute approximate surface area is 98.7 Å². The van der Waals surface area contributed by atoms with Crippen LogP contribution in [-0.4, -0.2) is 60.3 Å². The average Bonchev–Trinajstić information content (AvgIpc) is 2.14. The van der Waals surface area contributed by atoms with Gasteiger partial charge in [-0.15, -0.1) is 0 Å². The zero-order chi connectivity index (χ0) is 11.4. The van der Waals surface area contributed by atoms with E-state index in [4.69, 9.17) is 4.74 Å². The van der Waals surface area contributed by atoms with Crippen LogP contribution >= 0.6 is 0 Å².